The van der Waals surface area contributed by atoms with Gasteiger partial charge in [-0.05, 0) is 29.8 Å². The molecule has 0 atom stereocenters. The normalized spacial score (nSPS) is 14.0. The van der Waals surface area contributed by atoms with Gasteiger partial charge in [-0.15, -0.1) is 0 Å². The van der Waals surface area contributed by atoms with E-state index in [-0.39, 0.29) is 11.4 Å². The fourth-order valence-corrected chi connectivity index (χ4v) is 3.97. The standard InChI is InChI=1S/C16H15Cl2NO4S/c1-19(10-11-2-3-12(17)8-14(11)18)24(20,21)13-4-5-15-16(9-13)23-7-6-22-15/h2-5,8-9H,6-7,10H2,1H3. The molecule has 2 aromatic carbocycles. The van der Waals surface area contributed by atoms with E-state index in [1.807, 2.05) is 0 Å². The highest BCUT2D eigenvalue weighted by molar-refractivity contribution is 7.89. The second-order valence-corrected chi connectivity index (χ2v) is 8.19. The third-order valence-electron chi connectivity index (χ3n) is 3.63. The van der Waals surface area contributed by atoms with Gasteiger partial charge >= 0.3 is 0 Å². The van der Waals surface area contributed by atoms with Crippen LogP contribution >= 0.6 is 23.2 Å². The van der Waals surface area contributed by atoms with Crippen molar-refractivity contribution in [2.45, 2.75) is 11.4 Å². The lowest BCUT2D eigenvalue weighted by molar-refractivity contribution is 0.171. The lowest BCUT2D eigenvalue weighted by Crippen LogP contribution is -2.27. The highest BCUT2D eigenvalue weighted by atomic mass is 35.5. The van der Waals surface area contributed by atoms with Gasteiger partial charge in [0, 0.05) is 29.7 Å². The molecule has 0 fully saturated rings. The van der Waals surface area contributed by atoms with E-state index in [9.17, 15) is 8.42 Å². The number of benzene rings is 2. The van der Waals surface area contributed by atoms with Crippen LogP contribution in [0.1, 0.15) is 5.56 Å². The molecule has 1 aliphatic heterocycles. The van der Waals surface area contributed by atoms with Crippen molar-refractivity contribution in [3.8, 4) is 11.5 Å². The van der Waals surface area contributed by atoms with Gasteiger partial charge in [0.05, 0.1) is 4.90 Å². The van der Waals surface area contributed by atoms with Crippen LogP contribution in [0.25, 0.3) is 0 Å². The van der Waals surface area contributed by atoms with E-state index in [2.05, 4.69) is 0 Å². The smallest absolute Gasteiger partial charge is 0.243 e. The second kappa shape index (κ2) is 6.80. The first-order valence-corrected chi connectivity index (χ1v) is 9.37. The van der Waals surface area contributed by atoms with E-state index in [0.29, 0.717) is 40.3 Å². The number of sulfonamides is 1. The Bertz CT molecular complexity index is 870. The van der Waals surface area contributed by atoms with Crippen LogP contribution in [0, 0.1) is 0 Å². The van der Waals surface area contributed by atoms with Crippen molar-refractivity contribution in [1.82, 2.24) is 4.31 Å². The van der Waals surface area contributed by atoms with Gasteiger partial charge in [0.1, 0.15) is 13.2 Å². The Morgan fingerprint density at radius 3 is 2.46 bits per heavy atom. The molecule has 2 aromatic rings. The summed E-state index contributed by atoms with van der Waals surface area (Å²) in [5, 5.41) is 0.924. The molecule has 5 nitrogen and oxygen atoms in total. The third kappa shape index (κ3) is 3.47. The summed E-state index contributed by atoms with van der Waals surface area (Å²) in [6.45, 7) is 0.980. The topological polar surface area (TPSA) is 55.8 Å². The molecule has 0 amide bonds. The van der Waals surface area contributed by atoms with Crippen LogP contribution in [-0.2, 0) is 16.6 Å². The SMILES string of the molecule is CN(Cc1ccc(Cl)cc1Cl)S(=O)(=O)c1ccc2c(c1)OCCO2. The van der Waals surface area contributed by atoms with Crippen molar-refractivity contribution in [1.29, 1.82) is 0 Å². The molecular formula is C16H15Cl2NO4S. The van der Waals surface area contributed by atoms with Crippen molar-refractivity contribution in [2.75, 3.05) is 20.3 Å². The Morgan fingerprint density at radius 2 is 1.75 bits per heavy atom. The molecule has 0 saturated heterocycles. The molecule has 0 spiro atoms. The van der Waals surface area contributed by atoms with Crippen molar-refractivity contribution in [3.63, 3.8) is 0 Å². The van der Waals surface area contributed by atoms with Crippen LogP contribution in [-0.4, -0.2) is 33.0 Å². The van der Waals surface area contributed by atoms with Gasteiger partial charge in [0.25, 0.3) is 0 Å². The van der Waals surface area contributed by atoms with Crippen LogP contribution in [0.5, 0.6) is 11.5 Å². The molecule has 1 heterocycles. The molecule has 0 N–H and O–H groups in total. The molecule has 24 heavy (non-hydrogen) atoms. The van der Waals surface area contributed by atoms with E-state index >= 15 is 0 Å². The highest BCUT2D eigenvalue weighted by Crippen LogP contribution is 2.33. The van der Waals surface area contributed by atoms with Crippen LogP contribution in [0.3, 0.4) is 0 Å². The Kier molecular flexibility index (Phi) is 4.92. The lowest BCUT2D eigenvalue weighted by atomic mass is 10.2. The summed E-state index contributed by atoms with van der Waals surface area (Å²) < 4.78 is 37.6. The Morgan fingerprint density at radius 1 is 1.04 bits per heavy atom. The Labute approximate surface area is 150 Å². The zero-order chi connectivity index (χ0) is 17.3. The number of fused-ring (bicyclic) bond motifs is 1. The van der Waals surface area contributed by atoms with Gasteiger partial charge in [-0.25, -0.2) is 8.42 Å². The van der Waals surface area contributed by atoms with Gasteiger partial charge < -0.3 is 9.47 Å². The molecule has 1 aliphatic rings. The van der Waals surface area contributed by atoms with Crippen molar-refractivity contribution in [2.24, 2.45) is 0 Å². The van der Waals surface area contributed by atoms with Crippen molar-refractivity contribution >= 4 is 33.2 Å². The fourth-order valence-electron chi connectivity index (χ4n) is 2.34. The van der Waals surface area contributed by atoms with E-state index in [4.69, 9.17) is 32.7 Å². The predicted molar refractivity (Wildman–Crippen MR) is 92.5 cm³/mol. The summed E-state index contributed by atoms with van der Waals surface area (Å²) in [7, 11) is -2.19. The summed E-state index contributed by atoms with van der Waals surface area (Å²) >= 11 is 12.0. The Hall–Kier alpha value is -1.47. The van der Waals surface area contributed by atoms with Crippen LogP contribution in [0.15, 0.2) is 41.3 Å². The first-order chi connectivity index (χ1) is 11.4. The van der Waals surface area contributed by atoms with Gasteiger partial charge in [0.2, 0.25) is 10.0 Å². The Balaban J connectivity index is 1.86. The average Bonchev–Trinajstić information content (AvgIpc) is 2.56. The summed E-state index contributed by atoms with van der Waals surface area (Å²) in [6, 6.07) is 9.55. The third-order valence-corrected chi connectivity index (χ3v) is 6.02. The highest BCUT2D eigenvalue weighted by Gasteiger charge is 2.24. The van der Waals surface area contributed by atoms with E-state index in [1.165, 1.54) is 23.5 Å². The predicted octanol–water partition coefficient (Wildman–Crippen LogP) is 3.59. The minimum absolute atomic E-state index is 0.132. The zero-order valence-corrected chi connectivity index (χ0v) is 15.2. The van der Waals surface area contributed by atoms with Gasteiger partial charge in [-0.2, -0.15) is 4.31 Å². The first kappa shape index (κ1) is 17.4. The van der Waals surface area contributed by atoms with Crippen LogP contribution in [0.4, 0.5) is 0 Å². The first-order valence-electron chi connectivity index (χ1n) is 7.18. The van der Waals surface area contributed by atoms with E-state index < -0.39 is 10.0 Å². The molecular weight excluding hydrogens is 373 g/mol. The molecule has 0 radical (unpaired) electrons. The van der Waals surface area contributed by atoms with Crippen LogP contribution < -0.4 is 9.47 Å². The summed E-state index contributed by atoms with van der Waals surface area (Å²) in [6.07, 6.45) is 0. The molecule has 8 heteroatoms. The van der Waals surface area contributed by atoms with Gasteiger partial charge in [-0.3, -0.25) is 0 Å². The summed E-state index contributed by atoms with van der Waals surface area (Å²) in [5.41, 5.74) is 0.671. The molecule has 0 aliphatic carbocycles. The summed E-state index contributed by atoms with van der Waals surface area (Å²) in [5.74, 6) is 0.976. The fraction of sp³-hybridized carbons (Fsp3) is 0.250. The average molecular weight is 388 g/mol. The number of rotatable bonds is 4. The number of nitrogens with zero attached hydrogens (tertiary/aromatic N) is 1. The molecule has 3 rings (SSSR count). The van der Waals surface area contributed by atoms with E-state index in [1.54, 1.807) is 24.3 Å². The molecule has 0 unspecified atom stereocenters. The molecule has 128 valence electrons. The van der Waals surface area contributed by atoms with Crippen molar-refractivity contribution < 1.29 is 17.9 Å². The number of hydrogen-bond acceptors (Lipinski definition) is 4. The minimum Gasteiger partial charge on any atom is -0.486 e. The zero-order valence-electron chi connectivity index (χ0n) is 12.8. The van der Waals surface area contributed by atoms with E-state index in [0.717, 1.165) is 0 Å². The quantitative estimate of drug-likeness (QED) is 0.804. The maximum absolute atomic E-state index is 12.8. The molecule has 0 saturated carbocycles. The van der Waals surface area contributed by atoms with Gasteiger partial charge in [-0.1, -0.05) is 29.3 Å². The number of ether oxygens (including phenoxy) is 2. The van der Waals surface area contributed by atoms with Gasteiger partial charge in [0.15, 0.2) is 11.5 Å². The second-order valence-electron chi connectivity index (χ2n) is 5.30. The van der Waals surface area contributed by atoms with Crippen LogP contribution in [0.2, 0.25) is 10.0 Å². The monoisotopic (exact) mass is 387 g/mol. The minimum atomic E-state index is -3.69. The van der Waals surface area contributed by atoms with Crippen molar-refractivity contribution in [3.05, 3.63) is 52.0 Å². The number of hydrogen-bond donors (Lipinski definition) is 0. The molecule has 0 aromatic heterocycles. The maximum atomic E-state index is 12.8. The number of halogens is 2. The largest absolute Gasteiger partial charge is 0.486 e. The molecule has 0 bridgehead atoms. The maximum Gasteiger partial charge on any atom is 0.243 e. The summed E-state index contributed by atoms with van der Waals surface area (Å²) in [4.78, 5) is 0.138. The lowest BCUT2D eigenvalue weighted by Gasteiger charge is -2.21.